The van der Waals surface area contributed by atoms with Crippen LogP contribution >= 0.6 is 0 Å². The van der Waals surface area contributed by atoms with Crippen LogP contribution in [0.2, 0.25) is 0 Å². The van der Waals surface area contributed by atoms with E-state index >= 15 is 0 Å². The van der Waals surface area contributed by atoms with Crippen LogP contribution < -0.4 is 5.32 Å². The highest BCUT2D eigenvalue weighted by molar-refractivity contribution is 5.89. The van der Waals surface area contributed by atoms with Crippen LogP contribution in [0.4, 0.5) is 10.5 Å². The van der Waals surface area contributed by atoms with Crippen LogP contribution in [0.15, 0.2) is 30.6 Å². The number of hydrogen-bond donors (Lipinski definition) is 1. The van der Waals surface area contributed by atoms with E-state index in [1.807, 2.05) is 42.4 Å². The molecule has 25 heavy (non-hydrogen) atoms. The van der Waals surface area contributed by atoms with E-state index in [4.69, 9.17) is 0 Å². The summed E-state index contributed by atoms with van der Waals surface area (Å²) in [5, 5.41) is 11.5. The van der Waals surface area contributed by atoms with E-state index in [9.17, 15) is 4.79 Å². The molecule has 0 spiro atoms. The smallest absolute Gasteiger partial charge is 0.316 e. The van der Waals surface area contributed by atoms with E-state index in [0.29, 0.717) is 0 Å². The number of carbonyl (C=O) groups excluding carboxylic acids is 1. The molecule has 2 amide bonds. The average Bonchev–Trinajstić information content (AvgIpc) is 3.30. The van der Waals surface area contributed by atoms with Gasteiger partial charge in [0.25, 0.3) is 0 Å². The first-order chi connectivity index (χ1) is 12.2. The predicted molar refractivity (Wildman–Crippen MR) is 96.2 cm³/mol. The minimum Gasteiger partial charge on any atom is -0.316 e. The Morgan fingerprint density at radius 1 is 1.28 bits per heavy atom. The Morgan fingerprint density at radius 3 is 2.96 bits per heavy atom. The molecule has 1 saturated carbocycles. The molecule has 1 atom stereocenters. The third-order valence-electron chi connectivity index (χ3n) is 5.13. The average molecular weight is 339 g/mol. The molecule has 2 heterocycles. The van der Waals surface area contributed by atoms with Gasteiger partial charge in [0.05, 0.1) is 6.04 Å². The third-order valence-corrected chi connectivity index (χ3v) is 5.13. The van der Waals surface area contributed by atoms with Crippen molar-refractivity contribution in [3.05, 3.63) is 42.0 Å². The van der Waals surface area contributed by atoms with Gasteiger partial charge >= 0.3 is 6.03 Å². The highest BCUT2D eigenvalue weighted by atomic mass is 16.2. The summed E-state index contributed by atoms with van der Waals surface area (Å²) in [6.45, 7) is 3.77. The molecule has 1 unspecified atom stereocenters. The van der Waals surface area contributed by atoms with Gasteiger partial charge < -0.3 is 14.8 Å². The van der Waals surface area contributed by atoms with Crippen LogP contribution in [0.3, 0.4) is 0 Å². The van der Waals surface area contributed by atoms with Crippen molar-refractivity contribution < 1.29 is 4.79 Å². The quantitative estimate of drug-likeness (QED) is 0.922. The summed E-state index contributed by atoms with van der Waals surface area (Å²) >= 11 is 0. The van der Waals surface area contributed by atoms with Gasteiger partial charge in [-0.3, -0.25) is 0 Å². The normalized spacial score (nSPS) is 20.5. The standard InChI is InChI=1S/C19H25N5O/c1-14-5-4-6-16(11-14)21-19(25)24-10-3-2-7-17(24)18-22-20-13-23(18)12-15-8-9-15/h4-6,11,13,15,17H,2-3,7-10,12H2,1H3,(H,21,25). The Kier molecular flexibility index (Phi) is 4.42. The summed E-state index contributed by atoms with van der Waals surface area (Å²) in [6.07, 6.45) is 7.51. The van der Waals surface area contributed by atoms with E-state index in [1.54, 1.807) is 0 Å². The molecule has 1 N–H and O–H groups in total. The first-order valence-electron chi connectivity index (χ1n) is 9.23. The molecule has 4 rings (SSSR count). The number of benzene rings is 1. The van der Waals surface area contributed by atoms with Crippen molar-refractivity contribution in [3.8, 4) is 0 Å². The lowest BCUT2D eigenvalue weighted by Crippen LogP contribution is -2.42. The zero-order chi connectivity index (χ0) is 17.2. The van der Waals surface area contributed by atoms with Crippen molar-refractivity contribution in [2.75, 3.05) is 11.9 Å². The van der Waals surface area contributed by atoms with Gasteiger partial charge in [-0.2, -0.15) is 0 Å². The van der Waals surface area contributed by atoms with Gasteiger partial charge in [-0.25, -0.2) is 4.79 Å². The Hall–Kier alpha value is -2.37. The van der Waals surface area contributed by atoms with Crippen molar-refractivity contribution in [2.45, 2.75) is 51.6 Å². The third kappa shape index (κ3) is 3.67. The fourth-order valence-corrected chi connectivity index (χ4v) is 3.60. The second-order valence-corrected chi connectivity index (χ2v) is 7.29. The van der Waals surface area contributed by atoms with Crippen LogP contribution in [-0.4, -0.2) is 32.2 Å². The van der Waals surface area contributed by atoms with Gasteiger partial charge in [0.2, 0.25) is 0 Å². The van der Waals surface area contributed by atoms with Gasteiger partial charge in [-0.05, 0) is 62.6 Å². The topological polar surface area (TPSA) is 63.1 Å². The summed E-state index contributed by atoms with van der Waals surface area (Å²) in [4.78, 5) is 14.8. The second kappa shape index (κ2) is 6.86. The number of aryl methyl sites for hydroxylation is 1. The number of nitrogens with zero attached hydrogens (tertiary/aromatic N) is 4. The molecule has 2 aliphatic rings. The maximum Gasteiger partial charge on any atom is 0.322 e. The van der Waals surface area contributed by atoms with Gasteiger partial charge in [-0.1, -0.05) is 12.1 Å². The van der Waals surface area contributed by atoms with Gasteiger partial charge in [0.1, 0.15) is 6.33 Å². The second-order valence-electron chi connectivity index (χ2n) is 7.29. The minimum atomic E-state index is -0.0451. The molecular formula is C19H25N5O. The molecule has 6 heteroatoms. The molecule has 132 valence electrons. The molecule has 2 aromatic rings. The number of rotatable bonds is 4. The zero-order valence-corrected chi connectivity index (χ0v) is 14.7. The van der Waals surface area contributed by atoms with Crippen molar-refractivity contribution >= 4 is 11.7 Å². The number of urea groups is 1. The molecule has 1 aliphatic heterocycles. The Labute approximate surface area is 148 Å². The van der Waals surface area contributed by atoms with Crippen LogP contribution in [0.25, 0.3) is 0 Å². The van der Waals surface area contributed by atoms with E-state index < -0.39 is 0 Å². The molecular weight excluding hydrogens is 314 g/mol. The lowest BCUT2D eigenvalue weighted by molar-refractivity contribution is 0.157. The summed E-state index contributed by atoms with van der Waals surface area (Å²) < 4.78 is 2.15. The predicted octanol–water partition coefficient (Wildman–Crippen LogP) is 3.76. The number of carbonyl (C=O) groups is 1. The van der Waals surface area contributed by atoms with Crippen LogP contribution in [-0.2, 0) is 6.54 Å². The fourth-order valence-electron chi connectivity index (χ4n) is 3.60. The van der Waals surface area contributed by atoms with Gasteiger partial charge in [0, 0.05) is 18.8 Å². The number of amides is 2. The lowest BCUT2D eigenvalue weighted by atomic mass is 10.0. The van der Waals surface area contributed by atoms with Crippen molar-refractivity contribution in [3.63, 3.8) is 0 Å². The summed E-state index contributed by atoms with van der Waals surface area (Å²) in [5.41, 5.74) is 1.98. The Morgan fingerprint density at radius 2 is 2.16 bits per heavy atom. The monoisotopic (exact) mass is 339 g/mol. The van der Waals surface area contributed by atoms with Gasteiger partial charge in [-0.15, -0.1) is 10.2 Å². The summed E-state index contributed by atoms with van der Waals surface area (Å²) in [5.74, 6) is 1.69. The first kappa shape index (κ1) is 16.1. The molecule has 1 saturated heterocycles. The molecule has 6 nitrogen and oxygen atoms in total. The van der Waals surface area contributed by atoms with Crippen molar-refractivity contribution in [1.29, 1.82) is 0 Å². The maximum atomic E-state index is 12.9. The number of likely N-dealkylation sites (tertiary alicyclic amines) is 1. The van der Waals surface area contributed by atoms with E-state index in [0.717, 1.165) is 55.3 Å². The summed E-state index contributed by atoms with van der Waals surface area (Å²) in [7, 11) is 0. The van der Waals surface area contributed by atoms with Crippen LogP contribution in [0.5, 0.6) is 0 Å². The molecule has 1 aromatic carbocycles. The molecule has 1 aromatic heterocycles. The minimum absolute atomic E-state index is 0.0137. The molecule has 0 radical (unpaired) electrons. The number of hydrogen-bond acceptors (Lipinski definition) is 3. The van der Waals surface area contributed by atoms with Gasteiger partial charge in [0.15, 0.2) is 5.82 Å². The first-order valence-corrected chi connectivity index (χ1v) is 9.23. The molecule has 1 aliphatic carbocycles. The SMILES string of the molecule is Cc1cccc(NC(=O)N2CCCCC2c2nncn2CC2CC2)c1. The van der Waals surface area contributed by atoms with Crippen molar-refractivity contribution in [2.24, 2.45) is 5.92 Å². The number of nitrogens with one attached hydrogen (secondary N) is 1. The van der Waals surface area contributed by atoms with E-state index in [2.05, 4.69) is 20.1 Å². The fraction of sp³-hybridized carbons (Fsp3) is 0.526. The van der Waals surface area contributed by atoms with Crippen LogP contribution in [0, 0.1) is 12.8 Å². The number of aromatic nitrogens is 3. The Balaban J connectivity index is 1.52. The summed E-state index contributed by atoms with van der Waals surface area (Å²) in [6, 6.07) is 7.88. The van der Waals surface area contributed by atoms with E-state index in [-0.39, 0.29) is 12.1 Å². The Bertz CT molecular complexity index is 752. The highest BCUT2D eigenvalue weighted by Gasteiger charge is 2.32. The highest BCUT2D eigenvalue weighted by Crippen LogP contribution is 2.34. The van der Waals surface area contributed by atoms with E-state index in [1.165, 1.54) is 12.8 Å². The number of piperidine rings is 1. The molecule has 0 bridgehead atoms. The zero-order valence-electron chi connectivity index (χ0n) is 14.7. The maximum absolute atomic E-state index is 12.9. The lowest BCUT2D eigenvalue weighted by Gasteiger charge is -2.35. The van der Waals surface area contributed by atoms with Crippen LogP contribution in [0.1, 0.15) is 49.5 Å². The van der Waals surface area contributed by atoms with Crippen molar-refractivity contribution in [1.82, 2.24) is 19.7 Å². The molecule has 2 fully saturated rings. The number of anilines is 1. The largest absolute Gasteiger partial charge is 0.322 e.